The van der Waals surface area contributed by atoms with Crippen LogP contribution in [0.25, 0.3) is 0 Å². The van der Waals surface area contributed by atoms with E-state index in [9.17, 15) is 4.79 Å². The molecule has 0 radical (unpaired) electrons. The second-order valence-corrected chi connectivity index (χ2v) is 9.37. The van der Waals surface area contributed by atoms with Crippen LogP contribution in [-0.4, -0.2) is 26.8 Å². The smallest absolute Gasteiger partial charge is 0.338 e. The van der Waals surface area contributed by atoms with Crippen molar-refractivity contribution in [2.75, 3.05) is 20.8 Å². The van der Waals surface area contributed by atoms with Gasteiger partial charge in [-0.25, -0.2) is 4.79 Å². The molecule has 0 bridgehead atoms. The summed E-state index contributed by atoms with van der Waals surface area (Å²) < 4.78 is 16.2. The number of hydrogen-bond donors (Lipinski definition) is 0. The zero-order valence-electron chi connectivity index (χ0n) is 23.3. The Labute approximate surface area is 233 Å². The van der Waals surface area contributed by atoms with Crippen molar-refractivity contribution in [1.29, 1.82) is 0 Å². The zero-order chi connectivity index (χ0) is 27.7. The van der Waals surface area contributed by atoms with E-state index >= 15 is 0 Å². The minimum atomic E-state index is -0.354. The lowest BCUT2D eigenvalue weighted by atomic mass is 10.0. The molecule has 0 aliphatic carbocycles. The van der Waals surface area contributed by atoms with Crippen molar-refractivity contribution in [2.24, 2.45) is 0 Å². The van der Waals surface area contributed by atoms with Gasteiger partial charge in [-0.05, 0) is 61.0 Å². The Morgan fingerprint density at radius 1 is 0.615 bits per heavy atom. The van der Waals surface area contributed by atoms with Gasteiger partial charge in [-0.2, -0.15) is 0 Å². The molecule has 3 aromatic carbocycles. The van der Waals surface area contributed by atoms with Crippen molar-refractivity contribution in [3.63, 3.8) is 0 Å². The molecule has 0 saturated carbocycles. The molecule has 0 heterocycles. The van der Waals surface area contributed by atoms with Gasteiger partial charge in [0.15, 0.2) is 0 Å². The summed E-state index contributed by atoms with van der Waals surface area (Å²) in [5.41, 5.74) is 3.47. The predicted octanol–water partition coefficient (Wildman–Crippen LogP) is 7.80. The molecule has 39 heavy (non-hydrogen) atoms. The fourth-order valence-electron chi connectivity index (χ4n) is 4.06. The maximum Gasteiger partial charge on any atom is 0.338 e. The summed E-state index contributed by atoms with van der Waals surface area (Å²) in [7, 11) is 3.25. The maximum atomic E-state index is 12.9. The van der Waals surface area contributed by atoms with Crippen LogP contribution in [0.15, 0.2) is 66.7 Å². The van der Waals surface area contributed by atoms with Gasteiger partial charge in [0.1, 0.15) is 11.5 Å². The van der Waals surface area contributed by atoms with Gasteiger partial charge in [-0.3, -0.25) is 0 Å². The topological polar surface area (TPSA) is 44.8 Å². The Morgan fingerprint density at radius 3 is 1.62 bits per heavy atom. The van der Waals surface area contributed by atoms with Crippen LogP contribution in [-0.2, 0) is 4.74 Å². The lowest BCUT2D eigenvalue weighted by molar-refractivity contribution is 0.0497. The number of carbonyl (C=O) groups is 1. The minimum Gasteiger partial charge on any atom is -0.497 e. The Hall–Kier alpha value is -4.15. The Morgan fingerprint density at radius 2 is 1.10 bits per heavy atom. The van der Waals surface area contributed by atoms with Crippen LogP contribution >= 0.6 is 0 Å². The van der Waals surface area contributed by atoms with E-state index in [-0.39, 0.29) is 5.97 Å². The number of esters is 1. The summed E-state index contributed by atoms with van der Waals surface area (Å²) in [5.74, 6) is 13.8. The van der Waals surface area contributed by atoms with Gasteiger partial charge in [-0.1, -0.05) is 87.7 Å². The second-order valence-electron chi connectivity index (χ2n) is 9.37. The molecule has 0 fully saturated rings. The van der Waals surface area contributed by atoms with Crippen molar-refractivity contribution in [3.05, 3.63) is 94.5 Å². The highest BCUT2D eigenvalue weighted by Gasteiger charge is 2.10. The van der Waals surface area contributed by atoms with Crippen LogP contribution in [0.2, 0.25) is 0 Å². The molecule has 4 heteroatoms. The van der Waals surface area contributed by atoms with Gasteiger partial charge >= 0.3 is 5.97 Å². The van der Waals surface area contributed by atoms with E-state index < -0.39 is 0 Å². The first kappa shape index (κ1) is 29.4. The quantitative estimate of drug-likeness (QED) is 0.138. The van der Waals surface area contributed by atoms with Crippen LogP contribution < -0.4 is 9.47 Å². The molecule has 0 N–H and O–H groups in total. The summed E-state index contributed by atoms with van der Waals surface area (Å²) in [6.07, 6.45) is 9.55. The number of carbonyl (C=O) groups excluding carboxylic acids is 1. The van der Waals surface area contributed by atoms with Crippen molar-refractivity contribution < 1.29 is 19.0 Å². The van der Waals surface area contributed by atoms with Crippen molar-refractivity contribution in [2.45, 2.75) is 58.3 Å². The largest absolute Gasteiger partial charge is 0.497 e. The molecule has 0 aromatic heterocycles. The Balaban J connectivity index is 1.73. The van der Waals surface area contributed by atoms with Gasteiger partial charge in [0.25, 0.3) is 0 Å². The predicted molar refractivity (Wildman–Crippen MR) is 157 cm³/mol. The van der Waals surface area contributed by atoms with E-state index in [2.05, 4.69) is 30.6 Å². The van der Waals surface area contributed by atoms with Gasteiger partial charge in [0.05, 0.1) is 26.4 Å². The molecule has 0 amide bonds. The van der Waals surface area contributed by atoms with Crippen LogP contribution in [0.1, 0.15) is 90.9 Å². The first-order valence-electron chi connectivity index (χ1n) is 13.8. The van der Waals surface area contributed by atoms with E-state index in [1.807, 2.05) is 54.6 Å². The summed E-state index contributed by atoms with van der Waals surface area (Å²) in [6, 6.07) is 20.5. The maximum absolute atomic E-state index is 12.9. The highest BCUT2D eigenvalue weighted by Crippen LogP contribution is 2.16. The van der Waals surface area contributed by atoms with E-state index in [1.165, 1.54) is 38.5 Å². The van der Waals surface area contributed by atoms with Crippen molar-refractivity contribution in [3.8, 4) is 35.2 Å². The molecular weight excluding hydrogens is 484 g/mol. The van der Waals surface area contributed by atoms with Crippen molar-refractivity contribution >= 4 is 5.97 Å². The fraction of sp³-hybridized carbons (Fsp3) is 0.343. The lowest BCUT2D eigenvalue weighted by Crippen LogP contribution is -2.07. The molecule has 3 rings (SSSR count). The number of rotatable bonds is 12. The van der Waals surface area contributed by atoms with E-state index in [0.29, 0.717) is 23.3 Å². The molecule has 0 aliphatic heterocycles. The summed E-state index contributed by atoms with van der Waals surface area (Å²) in [4.78, 5) is 12.9. The standard InChI is InChI=1S/C35H38O4/c1-4-5-6-7-8-9-10-11-22-39-35(36)32-24-30(20-18-28-14-12-16-33(26-28)37-2)23-31(25-32)21-19-29-15-13-17-34(27-29)38-3/h12-17,23-27H,4-11,22H2,1-3H3. The molecule has 3 aromatic rings. The molecule has 202 valence electrons. The van der Waals surface area contributed by atoms with Crippen LogP contribution in [0.4, 0.5) is 0 Å². The normalized spacial score (nSPS) is 10.0. The first-order valence-corrected chi connectivity index (χ1v) is 13.8. The van der Waals surface area contributed by atoms with E-state index in [4.69, 9.17) is 14.2 Å². The molecular formula is C35H38O4. The van der Waals surface area contributed by atoms with Gasteiger partial charge in [0.2, 0.25) is 0 Å². The molecule has 0 unspecified atom stereocenters. The third-order valence-electron chi connectivity index (χ3n) is 6.24. The molecule has 0 spiro atoms. The average Bonchev–Trinajstić information content (AvgIpc) is 2.98. The summed E-state index contributed by atoms with van der Waals surface area (Å²) in [5, 5.41) is 0. The van der Waals surface area contributed by atoms with Gasteiger partial charge in [-0.15, -0.1) is 0 Å². The minimum absolute atomic E-state index is 0.354. The molecule has 4 nitrogen and oxygen atoms in total. The van der Waals surface area contributed by atoms with Crippen LogP contribution in [0.3, 0.4) is 0 Å². The van der Waals surface area contributed by atoms with E-state index in [0.717, 1.165) is 35.5 Å². The number of unbranched alkanes of at least 4 members (excludes halogenated alkanes) is 7. The SMILES string of the molecule is CCCCCCCCCCOC(=O)c1cc(C#Cc2cccc(OC)c2)cc(C#Cc2cccc(OC)c2)c1. The number of ether oxygens (including phenoxy) is 3. The highest BCUT2D eigenvalue weighted by molar-refractivity contribution is 5.90. The number of benzene rings is 3. The lowest BCUT2D eigenvalue weighted by Gasteiger charge is -2.06. The van der Waals surface area contributed by atoms with Crippen LogP contribution in [0.5, 0.6) is 11.5 Å². The third kappa shape index (κ3) is 10.6. The van der Waals surface area contributed by atoms with Gasteiger partial charge < -0.3 is 14.2 Å². The highest BCUT2D eigenvalue weighted by atomic mass is 16.5. The van der Waals surface area contributed by atoms with E-state index in [1.54, 1.807) is 26.4 Å². The van der Waals surface area contributed by atoms with Crippen LogP contribution in [0, 0.1) is 23.7 Å². The second kappa shape index (κ2) is 16.6. The first-order chi connectivity index (χ1) is 19.1. The Kier molecular flexibility index (Phi) is 12.5. The zero-order valence-corrected chi connectivity index (χ0v) is 23.3. The number of hydrogen-bond acceptors (Lipinski definition) is 4. The Bertz CT molecular complexity index is 1250. The summed E-state index contributed by atoms with van der Waals surface area (Å²) in [6.45, 7) is 2.64. The number of methoxy groups -OCH3 is 2. The molecule has 0 saturated heterocycles. The molecule has 0 aliphatic rings. The average molecular weight is 523 g/mol. The van der Waals surface area contributed by atoms with Crippen molar-refractivity contribution in [1.82, 2.24) is 0 Å². The monoisotopic (exact) mass is 522 g/mol. The van der Waals surface area contributed by atoms with Gasteiger partial charge in [0, 0.05) is 22.3 Å². The third-order valence-corrected chi connectivity index (χ3v) is 6.24. The fourth-order valence-corrected chi connectivity index (χ4v) is 4.06. The molecule has 0 atom stereocenters. The summed E-state index contributed by atoms with van der Waals surface area (Å²) >= 11 is 0.